The summed E-state index contributed by atoms with van der Waals surface area (Å²) in [6, 6.07) is 13.2. The number of carbonyl (C=O) groups is 1. The number of amides is 1. The van der Waals surface area contributed by atoms with Gasteiger partial charge in [-0.25, -0.2) is 4.68 Å². The lowest BCUT2D eigenvalue weighted by atomic mass is 10.1. The average molecular weight is 346 g/mol. The summed E-state index contributed by atoms with van der Waals surface area (Å²) in [4.78, 5) is 15.6. The molecule has 0 aliphatic rings. The first kappa shape index (κ1) is 15.8. The molecule has 1 amide bonds. The molecule has 118 valence electrons. The zero-order valence-electron chi connectivity index (χ0n) is 12.6. The van der Waals surface area contributed by atoms with E-state index in [2.05, 4.69) is 5.10 Å². The van der Waals surface area contributed by atoms with Crippen molar-refractivity contribution in [1.29, 1.82) is 0 Å². The molecule has 0 aliphatic heterocycles. The fraction of sp³-hybridized carbons (Fsp3) is 0.176. The van der Waals surface area contributed by atoms with Crippen LogP contribution in [0.2, 0.25) is 4.34 Å². The van der Waals surface area contributed by atoms with Crippen LogP contribution in [0.1, 0.15) is 22.2 Å². The third kappa shape index (κ3) is 3.63. The summed E-state index contributed by atoms with van der Waals surface area (Å²) in [6.45, 7) is 3.20. The Morgan fingerprint density at radius 3 is 2.61 bits per heavy atom. The fourth-order valence-corrected chi connectivity index (χ4v) is 3.42. The normalized spacial score (nSPS) is 10.7. The van der Waals surface area contributed by atoms with Crippen LogP contribution < -0.4 is 0 Å². The van der Waals surface area contributed by atoms with E-state index in [0.29, 0.717) is 18.7 Å². The maximum absolute atomic E-state index is 12.7. The first-order valence-corrected chi connectivity index (χ1v) is 8.50. The largest absolute Gasteiger partial charge is 0.334 e. The zero-order chi connectivity index (χ0) is 16.2. The van der Waals surface area contributed by atoms with Crippen molar-refractivity contribution in [3.8, 4) is 5.69 Å². The number of halogens is 1. The molecule has 0 bridgehead atoms. The number of hydrogen-bond donors (Lipinski definition) is 0. The Bertz CT molecular complexity index is 781. The number of aromatic nitrogens is 2. The van der Waals surface area contributed by atoms with Crippen molar-refractivity contribution in [1.82, 2.24) is 14.7 Å². The van der Waals surface area contributed by atoms with Crippen LogP contribution in [0.15, 0.2) is 54.9 Å². The molecule has 3 rings (SSSR count). The fourth-order valence-electron chi connectivity index (χ4n) is 2.31. The monoisotopic (exact) mass is 345 g/mol. The Morgan fingerprint density at radius 1 is 1.26 bits per heavy atom. The van der Waals surface area contributed by atoms with Crippen molar-refractivity contribution in [3.63, 3.8) is 0 Å². The highest BCUT2D eigenvalue weighted by atomic mass is 35.5. The number of benzene rings is 1. The van der Waals surface area contributed by atoms with Gasteiger partial charge in [0.05, 0.1) is 16.6 Å². The van der Waals surface area contributed by atoms with E-state index in [1.54, 1.807) is 10.9 Å². The molecule has 23 heavy (non-hydrogen) atoms. The van der Waals surface area contributed by atoms with Gasteiger partial charge in [0, 0.05) is 29.4 Å². The van der Waals surface area contributed by atoms with Gasteiger partial charge in [0.2, 0.25) is 0 Å². The summed E-state index contributed by atoms with van der Waals surface area (Å²) in [7, 11) is 0. The van der Waals surface area contributed by atoms with Crippen LogP contribution in [0.4, 0.5) is 0 Å². The molecule has 1 aromatic carbocycles. The van der Waals surface area contributed by atoms with Gasteiger partial charge in [0.1, 0.15) is 0 Å². The zero-order valence-corrected chi connectivity index (χ0v) is 14.2. The number of hydrogen-bond acceptors (Lipinski definition) is 3. The van der Waals surface area contributed by atoms with E-state index in [0.717, 1.165) is 14.9 Å². The van der Waals surface area contributed by atoms with Gasteiger partial charge < -0.3 is 4.90 Å². The third-order valence-corrected chi connectivity index (χ3v) is 4.74. The van der Waals surface area contributed by atoms with Crippen LogP contribution >= 0.6 is 22.9 Å². The highest BCUT2D eigenvalue weighted by Crippen LogP contribution is 2.23. The van der Waals surface area contributed by atoms with E-state index in [9.17, 15) is 4.79 Å². The molecule has 2 heterocycles. The highest BCUT2D eigenvalue weighted by Gasteiger charge is 2.15. The topological polar surface area (TPSA) is 38.1 Å². The summed E-state index contributed by atoms with van der Waals surface area (Å²) in [5.74, 6) is 0.0176. The van der Waals surface area contributed by atoms with Crippen molar-refractivity contribution >= 4 is 28.8 Å². The van der Waals surface area contributed by atoms with Gasteiger partial charge in [0.15, 0.2) is 0 Å². The molecule has 0 aliphatic carbocycles. The molecule has 6 heteroatoms. The minimum absolute atomic E-state index is 0.0176. The number of rotatable bonds is 5. The van der Waals surface area contributed by atoms with Gasteiger partial charge in [-0.1, -0.05) is 11.6 Å². The van der Waals surface area contributed by atoms with Crippen LogP contribution in [0.25, 0.3) is 5.69 Å². The van der Waals surface area contributed by atoms with Gasteiger partial charge in [0.25, 0.3) is 5.91 Å². The van der Waals surface area contributed by atoms with Gasteiger partial charge in [-0.2, -0.15) is 5.10 Å². The predicted molar refractivity (Wildman–Crippen MR) is 93.3 cm³/mol. The molecular weight excluding hydrogens is 330 g/mol. The Balaban J connectivity index is 1.75. The van der Waals surface area contributed by atoms with Crippen LogP contribution in [-0.2, 0) is 6.54 Å². The first-order chi connectivity index (χ1) is 11.2. The van der Waals surface area contributed by atoms with E-state index in [1.165, 1.54) is 11.3 Å². The summed E-state index contributed by atoms with van der Waals surface area (Å²) in [6.07, 6.45) is 3.60. The summed E-state index contributed by atoms with van der Waals surface area (Å²) < 4.78 is 2.51. The molecular formula is C17H16ClN3OS. The lowest BCUT2D eigenvalue weighted by Gasteiger charge is -2.20. The Hall–Kier alpha value is -2.11. The minimum Gasteiger partial charge on any atom is -0.334 e. The van der Waals surface area contributed by atoms with Crippen LogP contribution in [0.3, 0.4) is 0 Å². The molecule has 0 spiro atoms. The minimum atomic E-state index is 0.0176. The number of thiophene rings is 1. The van der Waals surface area contributed by atoms with Gasteiger partial charge in [-0.05, 0) is 49.4 Å². The van der Waals surface area contributed by atoms with E-state index in [-0.39, 0.29) is 5.91 Å². The van der Waals surface area contributed by atoms with Crippen molar-refractivity contribution < 1.29 is 4.79 Å². The van der Waals surface area contributed by atoms with Crippen LogP contribution in [0.5, 0.6) is 0 Å². The number of nitrogens with zero attached hydrogens (tertiary/aromatic N) is 3. The second-order valence-corrected chi connectivity index (χ2v) is 6.82. The molecule has 3 aromatic rings. The molecule has 0 N–H and O–H groups in total. The van der Waals surface area contributed by atoms with Crippen molar-refractivity contribution in [2.24, 2.45) is 0 Å². The molecule has 0 atom stereocenters. The maximum Gasteiger partial charge on any atom is 0.254 e. The third-order valence-electron chi connectivity index (χ3n) is 3.53. The molecule has 0 radical (unpaired) electrons. The molecule has 0 fully saturated rings. The van der Waals surface area contributed by atoms with E-state index in [1.807, 2.05) is 60.5 Å². The summed E-state index contributed by atoms with van der Waals surface area (Å²) in [5.41, 5.74) is 1.60. The van der Waals surface area contributed by atoms with E-state index >= 15 is 0 Å². The lowest BCUT2D eigenvalue weighted by Crippen LogP contribution is -2.29. The lowest BCUT2D eigenvalue weighted by molar-refractivity contribution is 0.0754. The van der Waals surface area contributed by atoms with Gasteiger partial charge in [-0.15, -0.1) is 11.3 Å². The second-order valence-electron chi connectivity index (χ2n) is 5.02. The van der Waals surface area contributed by atoms with Crippen molar-refractivity contribution in [2.75, 3.05) is 6.54 Å². The van der Waals surface area contributed by atoms with Crippen LogP contribution in [-0.4, -0.2) is 27.1 Å². The van der Waals surface area contributed by atoms with Crippen molar-refractivity contribution in [3.05, 3.63) is 69.6 Å². The Kier molecular flexibility index (Phi) is 4.79. The van der Waals surface area contributed by atoms with Gasteiger partial charge >= 0.3 is 0 Å². The van der Waals surface area contributed by atoms with Gasteiger partial charge in [-0.3, -0.25) is 4.79 Å². The molecule has 2 aromatic heterocycles. The Morgan fingerprint density at radius 2 is 2.04 bits per heavy atom. The molecule has 0 saturated carbocycles. The number of carbonyl (C=O) groups excluding carboxylic acids is 1. The summed E-state index contributed by atoms with van der Waals surface area (Å²) >= 11 is 7.46. The Labute approximate surface area is 143 Å². The predicted octanol–water partition coefficient (Wildman–Crippen LogP) is 4.25. The second kappa shape index (κ2) is 6.98. The molecule has 0 saturated heterocycles. The quantitative estimate of drug-likeness (QED) is 0.693. The van der Waals surface area contributed by atoms with Crippen molar-refractivity contribution in [2.45, 2.75) is 13.5 Å². The first-order valence-electron chi connectivity index (χ1n) is 7.31. The van der Waals surface area contributed by atoms with E-state index in [4.69, 9.17) is 11.6 Å². The standard InChI is InChI=1S/C17H16ClN3OS/c1-2-20(12-15-8-9-16(18)23-15)17(22)13-4-6-14(7-5-13)21-11-3-10-19-21/h3-11H,2,12H2,1H3. The molecule has 4 nitrogen and oxygen atoms in total. The highest BCUT2D eigenvalue weighted by molar-refractivity contribution is 7.16. The summed E-state index contributed by atoms with van der Waals surface area (Å²) in [5, 5.41) is 4.18. The smallest absolute Gasteiger partial charge is 0.254 e. The maximum atomic E-state index is 12.7. The SMILES string of the molecule is CCN(Cc1ccc(Cl)s1)C(=O)c1ccc(-n2cccn2)cc1. The average Bonchev–Trinajstić information content (AvgIpc) is 3.24. The molecule has 0 unspecified atom stereocenters. The van der Waals surface area contributed by atoms with Crippen LogP contribution in [0, 0.1) is 0 Å². The van der Waals surface area contributed by atoms with E-state index < -0.39 is 0 Å².